The number of benzene rings is 1. The predicted octanol–water partition coefficient (Wildman–Crippen LogP) is 1.97. The molecule has 1 heterocycles. The van der Waals surface area contributed by atoms with E-state index in [1.165, 1.54) is 7.11 Å². The number of thioether (sulfide) groups is 1. The number of hydrogen-bond acceptors (Lipinski definition) is 4. The van der Waals surface area contributed by atoms with E-state index in [0.29, 0.717) is 11.7 Å². The maximum absolute atomic E-state index is 11.1. The third-order valence-electron chi connectivity index (χ3n) is 2.19. The highest BCUT2D eigenvalue weighted by Gasteiger charge is 2.19. The van der Waals surface area contributed by atoms with E-state index in [0.717, 1.165) is 17.3 Å². The van der Waals surface area contributed by atoms with E-state index in [1.54, 1.807) is 24.3 Å². The maximum atomic E-state index is 11.1. The molecule has 0 aliphatic carbocycles. The second-order valence-corrected chi connectivity index (χ2v) is 4.37. The van der Waals surface area contributed by atoms with Crippen LogP contribution in [0, 0.1) is 0 Å². The largest absolute Gasteiger partial charge is 0.489 e. The van der Waals surface area contributed by atoms with Crippen molar-refractivity contribution in [2.24, 2.45) is 0 Å². The van der Waals surface area contributed by atoms with Gasteiger partial charge < -0.3 is 9.47 Å². The molecule has 0 radical (unpaired) electrons. The van der Waals surface area contributed by atoms with E-state index in [-0.39, 0.29) is 5.97 Å². The normalized spacial score (nSPS) is 15.5. The van der Waals surface area contributed by atoms with Gasteiger partial charge in [-0.3, -0.25) is 0 Å². The molecule has 0 saturated carbocycles. The van der Waals surface area contributed by atoms with Gasteiger partial charge in [0.2, 0.25) is 0 Å². The highest BCUT2D eigenvalue weighted by Crippen LogP contribution is 2.23. The molecule has 1 aliphatic heterocycles. The molecule has 0 amide bonds. The van der Waals surface area contributed by atoms with Gasteiger partial charge in [-0.1, -0.05) is 0 Å². The minimum absolute atomic E-state index is 0.319. The standard InChI is InChI=1S/C11H12O3S/c1-13-11(12)8-2-4-9(5-3-8)14-10-6-15-7-10/h2-5,10H,6-7H2,1H3. The Morgan fingerprint density at radius 1 is 1.33 bits per heavy atom. The number of carbonyl (C=O) groups is 1. The molecule has 1 aromatic carbocycles. The van der Waals surface area contributed by atoms with Crippen LogP contribution in [0.1, 0.15) is 10.4 Å². The molecule has 3 nitrogen and oxygen atoms in total. The van der Waals surface area contributed by atoms with E-state index < -0.39 is 0 Å². The fourth-order valence-electron chi connectivity index (χ4n) is 1.26. The zero-order chi connectivity index (χ0) is 10.7. The third kappa shape index (κ3) is 2.45. The van der Waals surface area contributed by atoms with Gasteiger partial charge in [0.15, 0.2) is 0 Å². The fraction of sp³-hybridized carbons (Fsp3) is 0.364. The summed E-state index contributed by atoms with van der Waals surface area (Å²) in [4.78, 5) is 11.1. The topological polar surface area (TPSA) is 35.5 Å². The first-order valence-electron chi connectivity index (χ1n) is 4.72. The number of rotatable bonds is 3. The average molecular weight is 224 g/mol. The second kappa shape index (κ2) is 4.57. The summed E-state index contributed by atoms with van der Waals surface area (Å²) in [5.41, 5.74) is 0.549. The van der Waals surface area contributed by atoms with Crippen LogP contribution in [0.3, 0.4) is 0 Å². The van der Waals surface area contributed by atoms with Crippen LogP contribution in [-0.2, 0) is 4.74 Å². The van der Waals surface area contributed by atoms with Gasteiger partial charge in [0.25, 0.3) is 0 Å². The Hall–Kier alpha value is -1.16. The van der Waals surface area contributed by atoms with Crippen LogP contribution in [0.4, 0.5) is 0 Å². The quantitative estimate of drug-likeness (QED) is 0.735. The molecule has 1 aromatic rings. The number of methoxy groups -OCH3 is 1. The van der Waals surface area contributed by atoms with Gasteiger partial charge in [0, 0.05) is 11.5 Å². The molecule has 80 valence electrons. The molecule has 1 aliphatic rings. The molecule has 0 bridgehead atoms. The summed E-state index contributed by atoms with van der Waals surface area (Å²) < 4.78 is 10.3. The van der Waals surface area contributed by atoms with Gasteiger partial charge >= 0.3 is 5.97 Å². The van der Waals surface area contributed by atoms with Crippen LogP contribution in [0.15, 0.2) is 24.3 Å². The summed E-state index contributed by atoms with van der Waals surface area (Å²) in [5, 5.41) is 0. The molecule has 0 N–H and O–H groups in total. The maximum Gasteiger partial charge on any atom is 0.337 e. The minimum Gasteiger partial charge on any atom is -0.489 e. The van der Waals surface area contributed by atoms with Crippen LogP contribution in [0.2, 0.25) is 0 Å². The lowest BCUT2D eigenvalue weighted by Gasteiger charge is -2.25. The van der Waals surface area contributed by atoms with E-state index >= 15 is 0 Å². The number of carbonyl (C=O) groups excluding carboxylic acids is 1. The van der Waals surface area contributed by atoms with Crippen LogP contribution in [0.5, 0.6) is 5.75 Å². The molecular weight excluding hydrogens is 212 g/mol. The third-order valence-corrected chi connectivity index (χ3v) is 3.40. The smallest absolute Gasteiger partial charge is 0.337 e. The molecule has 0 spiro atoms. The molecule has 0 unspecified atom stereocenters. The number of hydrogen-bond donors (Lipinski definition) is 0. The van der Waals surface area contributed by atoms with Gasteiger partial charge in [-0.15, -0.1) is 0 Å². The lowest BCUT2D eigenvalue weighted by molar-refractivity contribution is 0.0600. The Bertz CT molecular complexity index is 343. The summed E-state index contributed by atoms with van der Waals surface area (Å²) >= 11 is 1.88. The lowest BCUT2D eigenvalue weighted by Crippen LogP contribution is -2.30. The molecule has 0 atom stereocenters. The molecule has 1 fully saturated rings. The van der Waals surface area contributed by atoms with Crippen LogP contribution >= 0.6 is 11.8 Å². The number of esters is 1. The monoisotopic (exact) mass is 224 g/mol. The van der Waals surface area contributed by atoms with Gasteiger partial charge in [-0.2, -0.15) is 11.8 Å². The van der Waals surface area contributed by atoms with E-state index in [2.05, 4.69) is 4.74 Å². The fourth-order valence-corrected chi connectivity index (χ4v) is 1.83. The van der Waals surface area contributed by atoms with Crippen molar-refractivity contribution in [2.75, 3.05) is 18.6 Å². The molecule has 2 rings (SSSR count). The molecule has 1 saturated heterocycles. The zero-order valence-corrected chi connectivity index (χ0v) is 9.25. The predicted molar refractivity (Wildman–Crippen MR) is 59.5 cm³/mol. The summed E-state index contributed by atoms with van der Waals surface area (Å²) in [6.07, 6.45) is 0.332. The van der Waals surface area contributed by atoms with Crippen molar-refractivity contribution < 1.29 is 14.3 Å². The SMILES string of the molecule is COC(=O)c1ccc(OC2CSC2)cc1. The Labute approximate surface area is 92.8 Å². The van der Waals surface area contributed by atoms with Gasteiger partial charge in [-0.25, -0.2) is 4.79 Å². The second-order valence-electron chi connectivity index (χ2n) is 3.29. The summed E-state index contributed by atoms with van der Waals surface area (Å²) in [6.45, 7) is 0. The summed E-state index contributed by atoms with van der Waals surface area (Å²) in [5.74, 6) is 2.60. The Morgan fingerprint density at radius 3 is 2.47 bits per heavy atom. The van der Waals surface area contributed by atoms with Crippen LogP contribution in [-0.4, -0.2) is 30.7 Å². The van der Waals surface area contributed by atoms with Crippen molar-refractivity contribution in [2.45, 2.75) is 6.10 Å². The van der Waals surface area contributed by atoms with Crippen molar-refractivity contribution in [1.29, 1.82) is 0 Å². The van der Waals surface area contributed by atoms with Crippen molar-refractivity contribution in [3.63, 3.8) is 0 Å². The van der Waals surface area contributed by atoms with Gasteiger partial charge in [-0.05, 0) is 24.3 Å². The lowest BCUT2D eigenvalue weighted by atomic mass is 10.2. The van der Waals surface area contributed by atoms with E-state index in [1.807, 2.05) is 11.8 Å². The molecular formula is C11H12O3S. The van der Waals surface area contributed by atoms with Gasteiger partial charge in [0.05, 0.1) is 12.7 Å². The van der Waals surface area contributed by atoms with Gasteiger partial charge in [0.1, 0.15) is 11.9 Å². The first kappa shape index (κ1) is 10.4. The zero-order valence-electron chi connectivity index (χ0n) is 8.43. The van der Waals surface area contributed by atoms with Crippen molar-refractivity contribution in [3.05, 3.63) is 29.8 Å². The van der Waals surface area contributed by atoms with E-state index in [9.17, 15) is 4.79 Å². The summed E-state index contributed by atoms with van der Waals surface area (Å²) in [6, 6.07) is 7.03. The first-order valence-corrected chi connectivity index (χ1v) is 5.88. The molecule has 4 heteroatoms. The van der Waals surface area contributed by atoms with Crippen molar-refractivity contribution in [1.82, 2.24) is 0 Å². The van der Waals surface area contributed by atoms with Crippen LogP contribution < -0.4 is 4.74 Å². The molecule has 0 aromatic heterocycles. The Morgan fingerprint density at radius 2 is 2.00 bits per heavy atom. The van der Waals surface area contributed by atoms with E-state index in [4.69, 9.17) is 4.74 Å². The Balaban J connectivity index is 1.99. The minimum atomic E-state index is -0.319. The highest BCUT2D eigenvalue weighted by molar-refractivity contribution is 8.00. The molecule has 15 heavy (non-hydrogen) atoms. The first-order chi connectivity index (χ1) is 7.29. The summed E-state index contributed by atoms with van der Waals surface area (Å²) in [7, 11) is 1.37. The Kier molecular flexibility index (Phi) is 3.16. The number of ether oxygens (including phenoxy) is 2. The average Bonchev–Trinajstić information content (AvgIpc) is 2.23. The van der Waals surface area contributed by atoms with Crippen molar-refractivity contribution >= 4 is 17.7 Å². The van der Waals surface area contributed by atoms with Crippen LogP contribution in [0.25, 0.3) is 0 Å². The van der Waals surface area contributed by atoms with Crippen molar-refractivity contribution in [3.8, 4) is 5.75 Å². The highest BCUT2D eigenvalue weighted by atomic mass is 32.2.